The number of nitrogens with one attached hydrogen (secondary N) is 2. The SMILES string of the molecule is CC.CC(=O)N(C)C(Cc1cnc[nH]1)C(=O)N(Cc1ccccc1)C(C)C(=O)NC(C)(C)C(C)(C)C. The summed E-state index contributed by atoms with van der Waals surface area (Å²) < 4.78 is 0. The fourth-order valence-corrected chi connectivity index (χ4v) is 3.33. The first-order valence-electron chi connectivity index (χ1n) is 12.6. The van der Waals surface area contributed by atoms with Crippen molar-refractivity contribution in [3.05, 3.63) is 54.1 Å². The number of aromatic nitrogens is 2. The summed E-state index contributed by atoms with van der Waals surface area (Å²) in [6.07, 6.45) is 3.44. The van der Waals surface area contributed by atoms with Gasteiger partial charge in [0, 0.05) is 44.4 Å². The highest BCUT2D eigenvalue weighted by molar-refractivity contribution is 5.92. The molecule has 2 unspecified atom stereocenters. The summed E-state index contributed by atoms with van der Waals surface area (Å²) in [5, 5.41) is 3.12. The van der Waals surface area contributed by atoms with Gasteiger partial charge in [-0.3, -0.25) is 14.4 Å². The molecular weight excluding hydrogens is 454 g/mol. The number of imidazole rings is 1. The van der Waals surface area contributed by atoms with Gasteiger partial charge in [-0.1, -0.05) is 65.0 Å². The van der Waals surface area contributed by atoms with Gasteiger partial charge in [0.15, 0.2) is 0 Å². The second-order valence-electron chi connectivity index (χ2n) is 10.4. The van der Waals surface area contributed by atoms with Crippen LogP contribution in [0.3, 0.4) is 0 Å². The van der Waals surface area contributed by atoms with E-state index in [0.717, 1.165) is 11.3 Å². The number of carbonyl (C=O) groups is 3. The molecule has 8 heteroatoms. The Bertz CT molecular complexity index is 965. The van der Waals surface area contributed by atoms with Gasteiger partial charge in [-0.2, -0.15) is 0 Å². The predicted molar refractivity (Wildman–Crippen MR) is 144 cm³/mol. The normalized spacial score (nSPS) is 13.1. The average Bonchev–Trinajstić information content (AvgIpc) is 3.34. The number of aromatic amines is 1. The maximum Gasteiger partial charge on any atom is 0.246 e. The molecule has 8 nitrogen and oxygen atoms in total. The lowest BCUT2D eigenvalue weighted by Crippen LogP contribution is -2.60. The monoisotopic (exact) mass is 499 g/mol. The molecule has 0 fully saturated rings. The molecular formula is C28H45N5O3. The zero-order chi connectivity index (χ0) is 27.7. The molecule has 2 N–H and O–H groups in total. The van der Waals surface area contributed by atoms with Gasteiger partial charge >= 0.3 is 0 Å². The Labute approximate surface area is 216 Å². The van der Waals surface area contributed by atoms with Gasteiger partial charge in [0.2, 0.25) is 17.7 Å². The molecule has 2 atom stereocenters. The molecule has 0 saturated heterocycles. The Hall–Kier alpha value is -3.16. The van der Waals surface area contributed by atoms with Gasteiger partial charge < -0.3 is 20.1 Å². The maximum absolute atomic E-state index is 13.9. The molecule has 0 spiro atoms. The number of amides is 3. The van der Waals surface area contributed by atoms with E-state index >= 15 is 0 Å². The zero-order valence-electron chi connectivity index (χ0n) is 23.7. The van der Waals surface area contributed by atoms with Crippen LogP contribution in [-0.2, 0) is 27.3 Å². The average molecular weight is 500 g/mol. The van der Waals surface area contributed by atoms with Crippen molar-refractivity contribution in [2.75, 3.05) is 7.05 Å². The molecule has 3 amide bonds. The first-order chi connectivity index (χ1) is 16.7. The Morgan fingerprint density at radius 3 is 2.11 bits per heavy atom. The minimum absolute atomic E-state index is 0.186. The molecule has 0 radical (unpaired) electrons. The lowest BCUT2D eigenvalue weighted by atomic mass is 9.76. The Morgan fingerprint density at radius 2 is 1.64 bits per heavy atom. The molecule has 1 heterocycles. The van der Waals surface area contributed by atoms with Crippen LogP contribution in [0.2, 0.25) is 0 Å². The molecule has 0 aliphatic rings. The quantitative estimate of drug-likeness (QED) is 0.541. The molecule has 1 aromatic carbocycles. The van der Waals surface area contributed by atoms with Crippen LogP contribution in [0, 0.1) is 5.41 Å². The van der Waals surface area contributed by atoms with E-state index in [9.17, 15) is 14.4 Å². The number of hydrogen-bond donors (Lipinski definition) is 2. The Kier molecular flexibility index (Phi) is 11.3. The van der Waals surface area contributed by atoms with Crippen LogP contribution in [0.4, 0.5) is 0 Å². The first kappa shape index (κ1) is 30.9. The van der Waals surface area contributed by atoms with Crippen molar-refractivity contribution in [2.24, 2.45) is 5.41 Å². The minimum atomic E-state index is -0.785. The lowest BCUT2D eigenvalue weighted by molar-refractivity contribution is -0.149. The van der Waals surface area contributed by atoms with Crippen LogP contribution in [0.1, 0.15) is 73.6 Å². The van der Waals surface area contributed by atoms with E-state index in [4.69, 9.17) is 0 Å². The predicted octanol–water partition coefficient (Wildman–Crippen LogP) is 4.18. The van der Waals surface area contributed by atoms with E-state index < -0.39 is 17.6 Å². The third-order valence-electron chi connectivity index (χ3n) is 6.85. The summed E-state index contributed by atoms with van der Waals surface area (Å²) in [4.78, 5) is 49.6. The van der Waals surface area contributed by atoms with E-state index in [1.807, 2.05) is 58.0 Å². The van der Waals surface area contributed by atoms with Crippen molar-refractivity contribution in [1.29, 1.82) is 0 Å². The molecule has 0 saturated carbocycles. The molecule has 0 aliphatic heterocycles. The number of rotatable bonds is 9. The van der Waals surface area contributed by atoms with Crippen LogP contribution in [0.5, 0.6) is 0 Å². The van der Waals surface area contributed by atoms with Crippen molar-refractivity contribution in [3.63, 3.8) is 0 Å². The second kappa shape index (κ2) is 13.2. The smallest absolute Gasteiger partial charge is 0.246 e. The number of nitrogens with zero attached hydrogens (tertiary/aromatic N) is 3. The first-order valence-corrected chi connectivity index (χ1v) is 12.6. The van der Waals surface area contributed by atoms with Gasteiger partial charge in [-0.05, 0) is 31.7 Å². The van der Waals surface area contributed by atoms with Crippen molar-refractivity contribution in [1.82, 2.24) is 25.1 Å². The number of likely N-dealkylation sites (N-methyl/N-ethyl adjacent to an activating group) is 1. The Morgan fingerprint density at radius 1 is 1.06 bits per heavy atom. The highest BCUT2D eigenvalue weighted by Gasteiger charge is 2.39. The molecule has 200 valence electrons. The summed E-state index contributed by atoms with van der Waals surface area (Å²) in [6.45, 7) is 17.5. The molecule has 0 bridgehead atoms. The third kappa shape index (κ3) is 8.21. The van der Waals surface area contributed by atoms with Gasteiger partial charge in [-0.15, -0.1) is 0 Å². The van der Waals surface area contributed by atoms with Crippen molar-refractivity contribution in [3.8, 4) is 0 Å². The molecule has 2 aromatic rings. The summed E-state index contributed by atoms with van der Waals surface area (Å²) in [5.41, 5.74) is 0.952. The van der Waals surface area contributed by atoms with Gasteiger partial charge in [0.25, 0.3) is 0 Å². The van der Waals surface area contributed by atoms with Crippen molar-refractivity contribution in [2.45, 2.75) is 92.9 Å². The largest absolute Gasteiger partial charge is 0.349 e. The minimum Gasteiger partial charge on any atom is -0.349 e. The van der Waals surface area contributed by atoms with E-state index in [1.165, 1.54) is 18.2 Å². The van der Waals surface area contributed by atoms with Crippen molar-refractivity contribution < 1.29 is 14.4 Å². The summed E-state index contributed by atoms with van der Waals surface area (Å²) in [6, 6.07) is 8.00. The number of benzene rings is 1. The molecule has 1 aromatic heterocycles. The van der Waals surface area contributed by atoms with Crippen LogP contribution >= 0.6 is 0 Å². The van der Waals surface area contributed by atoms with E-state index in [1.54, 1.807) is 25.1 Å². The maximum atomic E-state index is 13.9. The summed E-state index contributed by atoms with van der Waals surface area (Å²) in [5.74, 6) is -0.772. The second-order valence-corrected chi connectivity index (χ2v) is 10.4. The molecule has 2 rings (SSSR count). The Balaban J connectivity index is 0.00000316. The van der Waals surface area contributed by atoms with Gasteiger partial charge in [0.05, 0.1) is 6.33 Å². The van der Waals surface area contributed by atoms with Gasteiger partial charge in [-0.25, -0.2) is 4.98 Å². The van der Waals surface area contributed by atoms with Crippen molar-refractivity contribution >= 4 is 17.7 Å². The van der Waals surface area contributed by atoms with E-state index in [2.05, 4.69) is 36.1 Å². The lowest BCUT2D eigenvalue weighted by Gasteiger charge is -2.42. The molecule has 36 heavy (non-hydrogen) atoms. The number of hydrogen-bond acceptors (Lipinski definition) is 4. The van der Waals surface area contributed by atoms with E-state index in [0.29, 0.717) is 0 Å². The van der Waals surface area contributed by atoms with E-state index in [-0.39, 0.29) is 36.1 Å². The fourth-order valence-electron chi connectivity index (χ4n) is 3.33. The van der Waals surface area contributed by atoms with Crippen LogP contribution in [-0.4, -0.2) is 62.2 Å². The highest BCUT2D eigenvalue weighted by Crippen LogP contribution is 2.29. The summed E-state index contributed by atoms with van der Waals surface area (Å²) in [7, 11) is 1.61. The zero-order valence-corrected chi connectivity index (χ0v) is 23.7. The van der Waals surface area contributed by atoms with Crippen LogP contribution in [0.25, 0.3) is 0 Å². The number of carbonyl (C=O) groups excluding carboxylic acids is 3. The highest BCUT2D eigenvalue weighted by atomic mass is 16.2. The standard InChI is InChI=1S/C26H39N5O3.C2H6/c1-18(23(33)29-26(6,7)25(3,4)5)31(16-20-12-10-9-11-13-20)24(34)22(30(8)19(2)32)14-21-15-27-17-28-21;1-2/h9-13,15,17-18,22H,14,16H2,1-8H3,(H,27,28)(H,29,33);1-2H3. The topological polar surface area (TPSA) is 98.4 Å². The fraction of sp³-hybridized carbons (Fsp3) is 0.571. The third-order valence-corrected chi connectivity index (χ3v) is 6.85. The molecule has 0 aliphatic carbocycles. The van der Waals surface area contributed by atoms with Crippen LogP contribution in [0.15, 0.2) is 42.9 Å². The summed E-state index contributed by atoms with van der Waals surface area (Å²) >= 11 is 0. The number of H-pyrrole nitrogens is 1. The van der Waals surface area contributed by atoms with Crippen LogP contribution < -0.4 is 5.32 Å². The van der Waals surface area contributed by atoms with Gasteiger partial charge in [0.1, 0.15) is 12.1 Å².